The first-order valence-electron chi connectivity index (χ1n) is 6.09. The molecule has 0 radical (unpaired) electrons. The Morgan fingerprint density at radius 3 is 3.00 bits per heavy atom. The highest BCUT2D eigenvalue weighted by molar-refractivity contribution is 9.10. The van der Waals surface area contributed by atoms with Crippen LogP contribution in [0.2, 0.25) is 0 Å². The van der Waals surface area contributed by atoms with Crippen molar-refractivity contribution >= 4 is 27.7 Å². The largest absolute Gasteiger partial charge is 0.273 e. The van der Waals surface area contributed by atoms with Crippen molar-refractivity contribution in [1.82, 2.24) is 15.2 Å². The highest BCUT2D eigenvalue weighted by atomic mass is 79.9. The van der Waals surface area contributed by atoms with Crippen LogP contribution in [0.15, 0.2) is 46.0 Å². The van der Waals surface area contributed by atoms with Gasteiger partial charge in [-0.25, -0.2) is 0 Å². The molecule has 0 amide bonds. The van der Waals surface area contributed by atoms with Crippen molar-refractivity contribution in [3.8, 4) is 0 Å². The van der Waals surface area contributed by atoms with Crippen molar-refractivity contribution in [2.24, 2.45) is 5.84 Å². The van der Waals surface area contributed by atoms with E-state index in [9.17, 15) is 0 Å². The van der Waals surface area contributed by atoms with Crippen molar-refractivity contribution in [1.29, 1.82) is 0 Å². The molecular weight excluding hydrogens is 324 g/mol. The number of rotatable bonds is 6. The number of nitrogens with zero attached hydrogens (tertiary/aromatic N) is 2. The number of nitrogens with two attached hydrogens (primary N) is 1. The van der Waals surface area contributed by atoms with Gasteiger partial charge >= 0.3 is 0 Å². The third-order valence-electron chi connectivity index (χ3n) is 2.79. The van der Waals surface area contributed by atoms with E-state index in [1.165, 1.54) is 4.90 Å². The lowest BCUT2D eigenvalue weighted by atomic mass is 10.2. The number of hydrazine groups is 1. The smallest absolute Gasteiger partial charge is 0.0584 e. The Bertz CT molecular complexity index is 529. The van der Waals surface area contributed by atoms with Gasteiger partial charge in [0.05, 0.1) is 12.2 Å². The van der Waals surface area contributed by atoms with E-state index < -0.39 is 0 Å². The fraction of sp³-hybridized carbons (Fsp3) is 0.308. The Labute approximate surface area is 125 Å². The SMILES string of the molecule is CCn1cc(C(CSc2cccc(Br)c2)NN)cn1. The van der Waals surface area contributed by atoms with Gasteiger partial charge in [-0.05, 0) is 25.1 Å². The minimum atomic E-state index is 0.101. The standard InChI is InChI=1S/C13H17BrN4S/c1-2-18-8-10(7-16-18)13(17-15)9-19-12-5-3-4-11(14)6-12/h3-8,13,17H,2,9,15H2,1H3. The van der Waals surface area contributed by atoms with Gasteiger partial charge in [0.2, 0.25) is 0 Å². The normalized spacial score (nSPS) is 12.6. The predicted octanol–water partition coefficient (Wildman–Crippen LogP) is 2.96. The monoisotopic (exact) mass is 340 g/mol. The Morgan fingerprint density at radius 2 is 2.37 bits per heavy atom. The summed E-state index contributed by atoms with van der Waals surface area (Å²) < 4.78 is 3.00. The summed E-state index contributed by atoms with van der Waals surface area (Å²) in [5.41, 5.74) is 3.97. The Hall–Kier alpha value is -0.820. The number of benzene rings is 1. The zero-order valence-corrected chi connectivity index (χ0v) is 13.1. The maximum absolute atomic E-state index is 5.64. The Balaban J connectivity index is 1.99. The molecule has 1 aromatic heterocycles. The molecule has 0 saturated carbocycles. The number of thioether (sulfide) groups is 1. The van der Waals surface area contributed by atoms with E-state index >= 15 is 0 Å². The second-order valence-electron chi connectivity index (χ2n) is 4.12. The molecule has 19 heavy (non-hydrogen) atoms. The summed E-state index contributed by atoms with van der Waals surface area (Å²) in [4.78, 5) is 1.22. The molecule has 1 heterocycles. The fourth-order valence-corrected chi connectivity index (χ4v) is 3.29. The molecule has 1 aromatic carbocycles. The van der Waals surface area contributed by atoms with Crippen LogP contribution in [0.25, 0.3) is 0 Å². The lowest BCUT2D eigenvalue weighted by Gasteiger charge is -2.13. The van der Waals surface area contributed by atoms with Crippen molar-refractivity contribution in [2.75, 3.05) is 5.75 Å². The summed E-state index contributed by atoms with van der Waals surface area (Å²) in [6.45, 7) is 2.94. The zero-order valence-electron chi connectivity index (χ0n) is 10.7. The van der Waals surface area contributed by atoms with E-state index in [2.05, 4.69) is 45.5 Å². The highest BCUT2D eigenvalue weighted by Gasteiger charge is 2.12. The van der Waals surface area contributed by atoms with E-state index in [4.69, 9.17) is 5.84 Å². The molecule has 102 valence electrons. The molecule has 0 fully saturated rings. The Morgan fingerprint density at radius 1 is 1.53 bits per heavy atom. The first-order valence-corrected chi connectivity index (χ1v) is 7.87. The quantitative estimate of drug-likeness (QED) is 0.482. The number of nitrogens with one attached hydrogen (secondary N) is 1. The number of halogens is 1. The summed E-state index contributed by atoms with van der Waals surface area (Å²) >= 11 is 5.25. The van der Waals surface area contributed by atoms with Gasteiger partial charge in [-0.3, -0.25) is 16.0 Å². The summed E-state index contributed by atoms with van der Waals surface area (Å²) in [6.07, 6.45) is 3.90. The van der Waals surface area contributed by atoms with Crippen LogP contribution in [0, 0.1) is 0 Å². The first-order chi connectivity index (χ1) is 9.22. The maximum Gasteiger partial charge on any atom is 0.0584 e. The summed E-state index contributed by atoms with van der Waals surface area (Å²) in [5, 5.41) is 4.28. The van der Waals surface area contributed by atoms with Crippen molar-refractivity contribution in [3.05, 3.63) is 46.7 Å². The van der Waals surface area contributed by atoms with Gasteiger partial charge in [-0.15, -0.1) is 11.8 Å². The number of aryl methyl sites for hydroxylation is 1. The maximum atomic E-state index is 5.64. The molecule has 0 aliphatic rings. The third kappa shape index (κ3) is 4.07. The van der Waals surface area contributed by atoms with Gasteiger partial charge in [0.15, 0.2) is 0 Å². The Kier molecular flexibility index (Phi) is 5.45. The second-order valence-corrected chi connectivity index (χ2v) is 6.13. The van der Waals surface area contributed by atoms with Crippen molar-refractivity contribution in [2.45, 2.75) is 24.4 Å². The van der Waals surface area contributed by atoms with Gasteiger partial charge in [-0.1, -0.05) is 22.0 Å². The minimum absolute atomic E-state index is 0.101. The summed E-state index contributed by atoms with van der Waals surface area (Å²) in [6, 6.07) is 8.36. The molecule has 2 aromatic rings. The van der Waals surface area contributed by atoms with Crippen molar-refractivity contribution < 1.29 is 0 Å². The average Bonchev–Trinajstić information content (AvgIpc) is 2.88. The van der Waals surface area contributed by atoms with Crippen LogP contribution in [-0.2, 0) is 6.54 Å². The van der Waals surface area contributed by atoms with Gasteiger partial charge in [0.25, 0.3) is 0 Å². The van der Waals surface area contributed by atoms with Crippen LogP contribution in [-0.4, -0.2) is 15.5 Å². The predicted molar refractivity (Wildman–Crippen MR) is 82.8 cm³/mol. The second kappa shape index (κ2) is 7.09. The molecule has 3 N–H and O–H groups in total. The van der Waals surface area contributed by atoms with Crippen LogP contribution in [0.4, 0.5) is 0 Å². The molecule has 0 spiro atoms. The molecule has 0 saturated heterocycles. The van der Waals surface area contributed by atoms with Crippen LogP contribution >= 0.6 is 27.7 Å². The molecule has 6 heteroatoms. The summed E-state index contributed by atoms with van der Waals surface area (Å²) in [7, 11) is 0. The van der Waals surface area contributed by atoms with Gasteiger partial charge in [-0.2, -0.15) is 5.10 Å². The number of aromatic nitrogens is 2. The topological polar surface area (TPSA) is 55.9 Å². The zero-order chi connectivity index (χ0) is 13.7. The first kappa shape index (κ1) is 14.6. The van der Waals surface area contributed by atoms with E-state index in [1.54, 1.807) is 11.8 Å². The van der Waals surface area contributed by atoms with E-state index in [-0.39, 0.29) is 6.04 Å². The number of hydrogen-bond donors (Lipinski definition) is 2. The minimum Gasteiger partial charge on any atom is -0.273 e. The van der Waals surface area contributed by atoms with Crippen LogP contribution in [0.3, 0.4) is 0 Å². The lowest BCUT2D eigenvalue weighted by molar-refractivity contribution is 0.607. The highest BCUT2D eigenvalue weighted by Crippen LogP contribution is 2.26. The van der Waals surface area contributed by atoms with Gasteiger partial charge < -0.3 is 0 Å². The average molecular weight is 341 g/mol. The van der Waals surface area contributed by atoms with E-state index in [0.717, 1.165) is 22.3 Å². The molecule has 0 bridgehead atoms. The van der Waals surface area contributed by atoms with Crippen LogP contribution in [0.1, 0.15) is 18.5 Å². The third-order valence-corrected chi connectivity index (χ3v) is 4.37. The molecule has 0 aliphatic carbocycles. The number of hydrogen-bond acceptors (Lipinski definition) is 4. The van der Waals surface area contributed by atoms with Crippen molar-refractivity contribution in [3.63, 3.8) is 0 Å². The molecule has 0 aliphatic heterocycles. The van der Waals surface area contributed by atoms with Gasteiger partial charge in [0, 0.05) is 33.4 Å². The van der Waals surface area contributed by atoms with Crippen LogP contribution < -0.4 is 11.3 Å². The molecular formula is C13H17BrN4S. The molecule has 2 rings (SSSR count). The molecule has 4 nitrogen and oxygen atoms in total. The molecule has 1 atom stereocenters. The lowest BCUT2D eigenvalue weighted by Crippen LogP contribution is -2.29. The fourth-order valence-electron chi connectivity index (χ4n) is 1.71. The van der Waals surface area contributed by atoms with E-state index in [0.29, 0.717) is 0 Å². The summed E-state index contributed by atoms with van der Waals surface area (Å²) in [5.74, 6) is 6.50. The van der Waals surface area contributed by atoms with Crippen LogP contribution in [0.5, 0.6) is 0 Å². The van der Waals surface area contributed by atoms with Gasteiger partial charge in [0.1, 0.15) is 0 Å². The molecule has 1 unspecified atom stereocenters. The van der Waals surface area contributed by atoms with E-state index in [1.807, 2.05) is 29.2 Å².